The molecule has 0 heterocycles. The van der Waals surface area contributed by atoms with Crippen molar-refractivity contribution in [2.45, 2.75) is 6.42 Å². The number of ether oxygens (including phenoxy) is 1. The van der Waals surface area contributed by atoms with Gasteiger partial charge in [-0.1, -0.05) is 12.6 Å². The Morgan fingerprint density at radius 3 is 2.81 bits per heavy atom. The number of nitro benzene ring substituents is 1. The second-order valence-corrected chi connectivity index (χ2v) is 3.29. The summed E-state index contributed by atoms with van der Waals surface area (Å²) in [5.41, 5.74) is 6.85. The first kappa shape index (κ1) is 12.2. The molecule has 0 fully saturated rings. The van der Waals surface area contributed by atoms with E-state index in [0.717, 1.165) is 11.1 Å². The first-order valence-electron chi connectivity index (χ1n) is 4.80. The molecule has 5 heteroatoms. The van der Waals surface area contributed by atoms with E-state index in [1.807, 2.05) is 0 Å². The van der Waals surface area contributed by atoms with E-state index >= 15 is 0 Å². The van der Waals surface area contributed by atoms with Crippen molar-refractivity contribution in [3.63, 3.8) is 0 Å². The highest BCUT2D eigenvalue weighted by Crippen LogP contribution is 2.30. The minimum Gasteiger partial charge on any atom is -0.490 e. The lowest BCUT2D eigenvalue weighted by Crippen LogP contribution is -2.00. The first-order chi connectivity index (χ1) is 7.60. The monoisotopic (exact) mass is 222 g/mol. The highest BCUT2D eigenvalue weighted by Gasteiger charge is 2.15. The molecule has 2 N–H and O–H groups in total. The number of nitro groups is 1. The molecule has 0 saturated heterocycles. The third kappa shape index (κ3) is 2.58. The van der Waals surface area contributed by atoms with Crippen LogP contribution in [0.4, 0.5) is 5.69 Å². The van der Waals surface area contributed by atoms with Crippen molar-refractivity contribution in [2.75, 3.05) is 13.7 Å². The van der Waals surface area contributed by atoms with E-state index < -0.39 is 4.92 Å². The van der Waals surface area contributed by atoms with Crippen LogP contribution in [0.15, 0.2) is 24.8 Å². The van der Waals surface area contributed by atoms with Gasteiger partial charge in [-0.3, -0.25) is 10.1 Å². The van der Waals surface area contributed by atoms with Gasteiger partial charge in [-0.2, -0.15) is 0 Å². The normalized spacial score (nSPS) is 9.88. The molecule has 0 aliphatic rings. The molecular formula is C11H14N2O3. The van der Waals surface area contributed by atoms with Crippen LogP contribution in [0.25, 0.3) is 5.57 Å². The third-order valence-corrected chi connectivity index (χ3v) is 2.23. The Labute approximate surface area is 93.7 Å². The molecule has 0 aromatic heterocycles. The van der Waals surface area contributed by atoms with Crippen molar-refractivity contribution in [3.05, 3.63) is 40.5 Å². The number of hydrogen-bond donors (Lipinski definition) is 1. The van der Waals surface area contributed by atoms with Gasteiger partial charge in [0.1, 0.15) is 0 Å². The molecule has 16 heavy (non-hydrogen) atoms. The Bertz CT molecular complexity index is 416. The molecule has 0 spiro atoms. The van der Waals surface area contributed by atoms with E-state index in [1.165, 1.54) is 13.2 Å². The van der Waals surface area contributed by atoms with Crippen LogP contribution in [-0.2, 0) is 0 Å². The molecule has 0 amide bonds. The Morgan fingerprint density at radius 1 is 1.62 bits per heavy atom. The van der Waals surface area contributed by atoms with Crippen LogP contribution in [0.3, 0.4) is 0 Å². The average molecular weight is 222 g/mol. The molecule has 0 radical (unpaired) electrons. The van der Waals surface area contributed by atoms with Gasteiger partial charge >= 0.3 is 5.69 Å². The summed E-state index contributed by atoms with van der Waals surface area (Å²) in [5.74, 6) is 0.245. The molecule has 1 aromatic carbocycles. The lowest BCUT2D eigenvalue weighted by Gasteiger charge is -2.06. The van der Waals surface area contributed by atoms with Crippen LogP contribution in [0.1, 0.15) is 12.0 Å². The summed E-state index contributed by atoms with van der Waals surface area (Å²) in [4.78, 5) is 10.3. The molecule has 0 atom stereocenters. The fourth-order valence-corrected chi connectivity index (χ4v) is 1.37. The Morgan fingerprint density at radius 2 is 2.31 bits per heavy atom. The SMILES string of the molecule is C=C(CCN)c1ccc(OC)c([N+](=O)[O-])c1. The molecule has 86 valence electrons. The molecule has 0 unspecified atom stereocenters. The number of methoxy groups -OCH3 is 1. The highest BCUT2D eigenvalue weighted by atomic mass is 16.6. The van der Waals surface area contributed by atoms with Gasteiger partial charge < -0.3 is 10.5 Å². The van der Waals surface area contributed by atoms with Gasteiger partial charge in [-0.05, 0) is 30.2 Å². The molecule has 1 aromatic rings. The van der Waals surface area contributed by atoms with E-state index in [-0.39, 0.29) is 11.4 Å². The van der Waals surface area contributed by atoms with E-state index in [0.29, 0.717) is 13.0 Å². The summed E-state index contributed by atoms with van der Waals surface area (Å²) < 4.78 is 4.91. The van der Waals surface area contributed by atoms with Crippen LogP contribution in [0.5, 0.6) is 5.75 Å². The Hall–Kier alpha value is -1.88. The van der Waals surface area contributed by atoms with Gasteiger partial charge in [-0.25, -0.2) is 0 Å². The zero-order valence-corrected chi connectivity index (χ0v) is 9.10. The largest absolute Gasteiger partial charge is 0.490 e. The van der Waals surface area contributed by atoms with Gasteiger partial charge in [0, 0.05) is 6.07 Å². The summed E-state index contributed by atoms with van der Waals surface area (Å²) in [7, 11) is 1.40. The van der Waals surface area contributed by atoms with Crippen LogP contribution in [0, 0.1) is 10.1 Å². The fraction of sp³-hybridized carbons (Fsp3) is 0.273. The maximum absolute atomic E-state index is 10.8. The second kappa shape index (κ2) is 5.27. The zero-order valence-electron chi connectivity index (χ0n) is 9.10. The van der Waals surface area contributed by atoms with Gasteiger partial charge in [-0.15, -0.1) is 0 Å². The van der Waals surface area contributed by atoms with Crippen molar-refractivity contribution >= 4 is 11.3 Å². The second-order valence-electron chi connectivity index (χ2n) is 3.29. The maximum atomic E-state index is 10.8. The van der Waals surface area contributed by atoms with Crippen LogP contribution in [0.2, 0.25) is 0 Å². The van der Waals surface area contributed by atoms with E-state index in [2.05, 4.69) is 6.58 Å². The van der Waals surface area contributed by atoms with Crippen molar-refractivity contribution in [1.82, 2.24) is 0 Å². The van der Waals surface area contributed by atoms with E-state index in [4.69, 9.17) is 10.5 Å². The van der Waals surface area contributed by atoms with Gasteiger partial charge in [0.25, 0.3) is 0 Å². The van der Waals surface area contributed by atoms with Crippen molar-refractivity contribution < 1.29 is 9.66 Å². The fourth-order valence-electron chi connectivity index (χ4n) is 1.37. The predicted octanol–water partition coefficient (Wildman–Crippen LogP) is 1.97. The lowest BCUT2D eigenvalue weighted by atomic mass is 10.0. The summed E-state index contributed by atoms with van der Waals surface area (Å²) in [5, 5.41) is 10.8. The Kier molecular flexibility index (Phi) is 4.02. The highest BCUT2D eigenvalue weighted by molar-refractivity contribution is 5.67. The predicted molar refractivity (Wildman–Crippen MR) is 62.4 cm³/mol. The number of rotatable bonds is 5. The molecule has 0 aliphatic heterocycles. The number of hydrogen-bond acceptors (Lipinski definition) is 4. The lowest BCUT2D eigenvalue weighted by molar-refractivity contribution is -0.385. The van der Waals surface area contributed by atoms with Gasteiger partial charge in [0.15, 0.2) is 5.75 Å². The zero-order chi connectivity index (χ0) is 12.1. The summed E-state index contributed by atoms with van der Waals surface area (Å²) in [6, 6.07) is 4.76. The Balaban J connectivity index is 3.11. The molecule has 0 aliphatic carbocycles. The number of benzene rings is 1. The average Bonchev–Trinajstić information content (AvgIpc) is 2.28. The minimum absolute atomic E-state index is 0.0572. The van der Waals surface area contributed by atoms with Gasteiger partial charge in [0.05, 0.1) is 12.0 Å². The smallest absolute Gasteiger partial charge is 0.311 e. The molecular weight excluding hydrogens is 208 g/mol. The standard InChI is InChI=1S/C11H14N2O3/c1-8(5-6-12)9-3-4-11(16-2)10(7-9)13(14)15/h3-4,7H,1,5-6,12H2,2H3. The summed E-state index contributed by atoms with van der Waals surface area (Å²) in [6.45, 7) is 4.30. The van der Waals surface area contributed by atoms with Crippen molar-refractivity contribution in [1.29, 1.82) is 0 Å². The van der Waals surface area contributed by atoms with Gasteiger partial charge in [0.2, 0.25) is 0 Å². The summed E-state index contributed by atoms with van der Waals surface area (Å²) in [6.07, 6.45) is 0.615. The quantitative estimate of drug-likeness (QED) is 0.610. The van der Waals surface area contributed by atoms with Crippen molar-refractivity contribution in [3.8, 4) is 5.75 Å². The number of nitrogens with zero attached hydrogens (tertiary/aromatic N) is 1. The summed E-state index contributed by atoms with van der Waals surface area (Å²) >= 11 is 0. The number of nitrogens with two attached hydrogens (primary N) is 1. The maximum Gasteiger partial charge on any atom is 0.311 e. The van der Waals surface area contributed by atoms with Crippen LogP contribution in [-0.4, -0.2) is 18.6 Å². The van der Waals surface area contributed by atoms with E-state index in [1.54, 1.807) is 12.1 Å². The molecule has 5 nitrogen and oxygen atoms in total. The first-order valence-corrected chi connectivity index (χ1v) is 4.80. The molecule has 0 saturated carbocycles. The van der Waals surface area contributed by atoms with Crippen LogP contribution < -0.4 is 10.5 Å². The third-order valence-electron chi connectivity index (χ3n) is 2.23. The molecule has 1 rings (SSSR count). The topological polar surface area (TPSA) is 78.4 Å². The van der Waals surface area contributed by atoms with Crippen molar-refractivity contribution in [2.24, 2.45) is 5.73 Å². The molecule has 0 bridgehead atoms. The van der Waals surface area contributed by atoms with Crippen LogP contribution >= 0.6 is 0 Å². The van der Waals surface area contributed by atoms with E-state index in [9.17, 15) is 10.1 Å². The minimum atomic E-state index is -0.474.